The van der Waals surface area contributed by atoms with Crippen molar-refractivity contribution in [3.63, 3.8) is 0 Å². The van der Waals surface area contributed by atoms with Gasteiger partial charge in [0.15, 0.2) is 0 Å². The van der Waals surface area contributed by atoms with E-state index in [4.69, 9.17) is 4.74 Å². The van der Waals surface area contributed by atoms with E-state index in [1.54, 1.807) is 6.20 Å². The molecule has 0 N–H and O–H groups in total. The Balaban J connectivity index is 1.91. The Morgan fingerprint density at radius 2 is 2.17 bits per heavy atom. The van der Waals surface area contributed by atoms with Crippen LogP contribution in [0.1, 0.15) is 37.1 Å². The second kappa shape index (κ2) is 7.18. The molecule has 1 aromatic carbocycles. The van der Waals surface area contributed by atoms with Crippen molar-refractivity contribution in [3.8, 4) is 5.69 Å². The molecule has 1 saturated heterocycles. The normalized spacial score (nSPS) is 20.3. The van der Waals surface area contributed by atoms with Gasteiger partial charge in [0.2, 0.25) is 5.91 Å². The van der Waals surface area contributed by atoms with Gasteiger partial charge >= 0.3 is 0 Å². The summed E-state index contributed by atoms with van der Waals surface area (Å²) in [5.41, 5.74) is 3.12. The Labute approximate surface area is 143 Å². The average Bonchev–Trinajstić information content (AvgIpc) is 3.23. The lowest BCUT2D eigenvalue weighted by molar-refractivity contribution is -0.136. The summed E-state index contributed by atoms with van der Waals surface area (Å²) < 4.78 is 7.86. The maximum Gasteiger partial charge on any atom is 0.228 e. The molecule has 128 valence electrons. The lowest BCUT2D eigenvalue weighted by Gasteiger charge is -2.24. The van der Waals surface area contributed by atoms with Gasteiger partial charge in [0.1, 0.15) is 6.10 Å². The fourth-order valence-corrected chi connectivity index (χ4v) is 3.39. The van der Waals surface area contributed by atoms with Crippen molar-refractivity contribution in [3.05, 3.63) is 47.8 Å². The molecule has 0 saturated carbocycles. The lowest BCUT2D eigenvalue weighted by Crippen LogP contribution is -2.35. The molecule has 2 atom stereocenters. The van der Waals surface area contributed by atoms with E-state index in [1.807, 2.05) is 40.9 Å². The number of carbonyl (C=O) groups is 1. The topological polar surface area (TPSA) is 47.4 Å². The number of hydrogen-bond acceptors (Lipinski definition) is 3. The highest BCUT2D eigenvalue weighted by atomic mass is 16.5. The zero-order valence-electron chi connectivity index (χ0n) is 14.6. The number of amides is 1. The van der Waals surface area contributed by atoms with Gasteiger partial charge in [-0.25, -0.2) is 4.68 Å². The molecule has 1 aromatic heterocycles. The first-order chi connectivity index (χ1) is 11.6. The minimum atomic E-state index is -0.237. The van der Waals surface area contributed by atoms with E-state index in [1.165, 1.54) is 0 Å². The summed E-state index contributed by atoms with van der Waals surface area (Å²) in [6.45, 7) is 5.53. The highest BCUT2D eigenvalue weighted by molar-refractivity contribution is 5.79. The van der Waals surface area contributed by atoms with Crippen molar-refractivity contribution in [2.45, 2.75) is 32.8 Å². The Hall–Kier alpha value is -2.14. The monoisotopic (exact) mass is 327 g/mol. The van der Waals surface area contributed by atoms with Gasteiger partial charge in [0.25, 0.3) is 0 Å². The number of aryl methyl sites for hydroxylation is 1. The third-order valence-corrected chi connectivity index (χ3v) is 4.65. The second-order valence-corrected chi connectivity index (χ2v) is 6.40. The molecule has 5 nitrogen and oxygen atoms in total. The van der Waals surface area contributed by atoms with E-state index in [0.29, 0.717) is 6.61 Å². The highest BCUT2D eigenvalue weighted by Crippen LogP contribution is 2.36. The molecule has 1 aliphatic rings. The van der Waals surface area contributed by atoms with Crippen molar-refractivity contribution in [1.82, 2.24) is 14.7 Å². The summed E-state index contributed by atoms with van der Waals surface area (Å²) in [4.78, 5) is 14.6. The fraction of sp³-hybridized carbons (Fsp3) is 0.474. The number of rotatable bonds is 5. The molecule has 3 rings (SSSR count). The van der Waals surface area contributed by atoms with Gasteiger partial charge < -0.3 is 9.64 Å². The maximum absolute atomic E-state index is 12.8. The summed E-state index contributed by atoms with van der Waals surface area (Å²) in [5, 5.41) is 4.48. The molecule has 2 aromatic rings. The molecule has 1 amide bonds. The molecule has 0 unspecified atom stereocenters. The van der Waals surface area contributed by atoms with Crippen LogP contribution in [-0.2, 0) is 9.53 Å². The number of ether oxygens (including phenoxy) is 1. The van der Waals surface area contributed by atoms with Crippen LogP contribution in [0, 0.1) is 12.8 Å². The van der Waals surface area contributed by atoms with Crippen LogP contribution in [0.25, 0.3) is 5.69 Å². The summed E-state index contributed by atoms with van der Waals surface area (Å²) in [6, 6.07) is 10.1. The number of nitrogens with zero attached hydrogens (tertiary/aromatic N) is 3. The Morgan fingerprint density at radius 3 is 2.92 bits per heavy atom. The maximum atomic E-state index is 12.8. The molecular formula is C19H25N3O2. The second-order valence-electron chi connectivity index (χ2n) is 6.40. The van der Waals surface area contributed by atoms with Crippen molar-refractivity contribution >= 4 is 5.91 Å². The summed E-state index contributed by atoms with van der Waals surface area (Å²) in [5.74, 6) is 0.0258. The molecular weight excluding hydrogens is 302 g/mol. The summed E-state index contributed by atoms with van der Waals surface area (Å²) >= 11 is 0. The minimum Gasteiger partial charge on any atom is -0.371 e. The van der Waals surface area contributed by atoms with Crippen LogP contribution in [0.4, 0.5) is 0 Å². The largest absolute Gasteiger partial charge is 0.371 e. The van der Waals surface area contributed by atoms with Crippen LogP contribution in [0.15, 0.2) is 36.5 Å². The molecule has 24 heavy (non-hydrogen) atoms. The first-order valence-electron chi connectivity index (χ1n) is 8.60. The molecule has 0 bridgehead atoms. The minimum absolute atomic E-state index is 0.138. The first kappa shape index (κ1) is 16.7. The molecule has 1 fully saturated rings. The average molecular weight is 327 g/mol. The van der Waals surface area contributed by atoms with E-state index in [0.717, 1.165) is 36.3 Å². The van der Waals surface area contributed by atoms with E-state index in [9.17, 15) is 4.79 Å². The Kier molecular flexibility index (Phi) is 5.00. The quantitative estimate of drug-likeness (QED) is 0.848. The van der Waals surface area contributed by atoms with Gasteiger partial charge in [0.05, 0.1) is 17.3 Å². The zero-order chi connectivity index (χ0) is 17.1. The number of para-hydroxylation sites is 1. The van der Waals surface area contributed by atoms with Gasteiger partial charge in [0, 0.05) is 26.4 Å². The Morgan fingerprint density at radius 1 is 1.38 bits per heavy atom. The highest BCUT2D eigenvalue weighted by Gasteiger charge is 2.38. The number of hydrogen-bond donors (Lipinski definition) is 0. The number of carbonyl (C=O) groups excluding carboxylic acids is 1. The van der Waals surface area contributed by atoms with E-state index >= 15 is 0 Å². The van der Waals surface area contributed by atoms with Crippen molar-refractivity contribution < 1.29 is 9.53 Å². The summed E-state index contributed by atoms with van der Waals surface area (Å²) in [6.07, 6.45) is 3.26. The zero-order valence-corrected chi connectivity index (χ0v) is 14.6. The fourth-order valence-electron chi connectivity index (χ4n) is 3.39. The third kappa shape index (κ3) is 3.08. The van der Waals surface area contributed by atoms with Crippen molar-refractivity contribution in [2.24, 2.45) is 5.92 Å². The van der Waals surface area contributed by atoms with E-state index in [-0.39, 0.29) is 17.9 Å². The van der Waals surface area contributed by atoms with Gasteiger partial charge in [-0.15, -0.1) is 0 Å². The smallest absolute Gasteiger partial charge is 0.228 e. The van der Waals surface area contributed by atoms with Gasteiger partial charge in [-0.1, -0.05) is 25.1 Å². The van der Waals surface area contributed by atoms with Crippen LogP contribution < -0.4 is 0 Å². The molecule has 1 aliphatic heterocycles. The molecule has 0 aliphatic carbocycles. The number of aromatic nitrogens is 2. The lowest BCUT2D eigenvalue weighted by atomic mass is 9.97. The van der Waals surface area contributed by atoms with Crippen LogP contribution in [0.5, 0.6) is 0 Å². The molecule has 0 spiro atoms. The standard InChI is InChI=1S/C19H25N3O2/c1-4-12-21(3)19(23)15-10-13-24-18(15)17-9-11-20-22(17)16-8-6-5-7-14(16)2/h5-9,11,15,18H,4,10,12-13H2,1-3H3/t15-,18-/m0/s1. The van der Waals surface area contributed by atoms with Crippen LogP contribution in [0.3, 0.4) is 0 Å². The van der Waals surface area contributed by atoms with Crippen molar-refractivity contribution in [1.29, 1.82) is 0 Å². The predicted molar refractivity (Wildman–Crippen MR) is 93.0 cm³/mol. The van der Waals surface area contributed by atoms with Crippen LogP contribution in [-0.4, -0.2) is 40.8 Å². The van der Waals surface area contributed by atoms with Gasteiger partial charge in [-0.05, 0) is 37.5 Å². The number of benzene rings is 1. The molecule has 0 radical (unpaired) electrons. The van der Waals surface area contributed by atoms with E-state index in [2.05, 4.69) is 25.0 Å². The van der Waals surface area contributed by atoms with Gasteiger partial charge in [-0.3, -0.25) is 4.79 Å². The van der Waals surface area contributed by atoms with Crippen LogP contribution in [0.2, 0.25) is 0 Å². The Bertz CT molecular complexity index is 710. The molecule has 2 heterocycles. The SMILES string of the molecule is CCCN(C)C(=O)[C@H]1CCO[C@@H]1c1ccnn1-c1ccccc1C. The van der Waals surface area contributed by atoms with Crippen molar-refractivity contribution in [2.75, 3.05) is 20.2 Å². The van der Waals surface area contributed by atoms with E-state index < -0.39 is 0 Å². The van der Waals surface area contributed by atoms with Crippen LogP contribution >= 0.6 is 0 Å². The predicted octanol–water partition coefficient (Wildman–Crippen LogP) is 3.13. The van der Waals surface area contributed by atoms with Gasteiger partial charge in [-0.2, -0.15) is 5.10 Å². The third-order valence-electron chi connectivity index (χ3n) is 4.65. The summed E-state index contributed by atoms with van der Waals surface area (Å²) in [7, 11) is 1.87. The molecule has 5 heteroatoms. The first-order valence-corrected chi connectivity index (χ1v) is 8.60.